The number of rotatable bonds is 3. The number of quaternary nitrogens is 2. The maximum Gasteiger partial charge on any atom is 0.132 e. The molecule has 1 unspecified atom stereocenters. The molecule has 1 aliphatic rings. The van der Waals surface area contributed by atoms with Gasteiger partial charge in [0.15, 0.2) is 0 Å². The average molecular weight is 256 g/mol. The molecule has 100 valence electrons. The number of hydrogen-bond acceptors (Lipinski definition) is 0. The van der Waals surface area contributed by atoms with Crippen molar-refractivity contribution < 1.29 is 18.6 Å². The maximum absolute atomic E-state index is 13.6. The highest BCUT2D eigenvalue weighted by Crippen LogP contribution is 2.08. The van der Waals surface area contributed by atoms with Crippen molar-refractivity contribution in [1.29, 1.82) is 0 Å². The summed E-state index contributed by atoms with van der Waals surface area (Å²) in [4.78, 5) is 2.85. The van der Waals surface area contributed by atoms with Gasteiger partial charge in [-0.1, -0.05) is 0 Å². The van der Waals surface area contributed by atoms with Gasteiger partial charge >= 0.3 is 0 Å². The Balaban J connectivity index is 1.98. The van der Waals surface area contributed by atoms with Gasteiger partial charge in [-0.25, -0.2) is 8.78 Å². The minimum absolute atomic E-state index is 0.297. The summed E-state index contributed by atoms with van der Waals surface area (Å²) in [5.41, 5.74) is 0.485. The van der Waals surface area contributed by atoms with Gasteiger partial charge in [-0.15, -0.1) is 0 Å². The first-order chi connectivity index (χ1) is 8.56. The van der Waals surface area contributed by atoms with Gasteiger partial charge in [-0.05, 0) is 18.2 Å². The molecular weight excluding hydrogens is 234 g/mol. The SMILES string of the molecule is C[NH+]1CCC([NH+](C)Cc2cc(F)ccc2F)CC1. The molecule has 0 saturated carbocycles. The fourth-order valence-electron chi connectivity index (χ4n) is 2.73. The number of piperidine rings is 1. The topological polar surface area (TPSA) is 8.88 Å². The van der Waals surface area contributed by atoms with Crippen LogP contribution in [0.1, 0.15) is 18.4 Å². The lowest BCUT2D eigenvalue weighted by Gasteiger charge is -2.30. The largest absolute Gasteiger partial charge is 0.337 e. The van der Waals surface area contributed by atoms with Crippen LogP contribution in [0.2, 0.25) is 0 Å². The van der Waals surface area contributed by atoms with Gasteiger partial charge < -0.3 is 9.80 Å². The van der Waals surface area contributed by atoms with E-state index in [1.54, 1.807) is 4.90 Å². The molecule has 2 N–H and O–H groups in total. The van der Waals surface area contributed by atoms with Crippen molar-refractivity contribution in [2.24, 2.45) is 0 Å². The smallest absolute Gasteiger partial charge is 0.132 e. The maximum atomic E-state index is 13.6. The van der Waals surface area contributed by atoms with Crippen LogP contribution in [0.5, 0.6) is 0 Å². The zero-order valence-corrected chi connectivity index (χ0v) is 11.1. The lowest BCUT2D eigenvalue weighted by atomic mass is 10.0. The highest BCUT2D eigenvalue weighted by molar-refractivity contribution is 5.17. The van der Waals surface area contributed by atoms with Gasteiger partial charge in [0, 0.05) is 18.4 Å². The third-order valence-corrected chi connectivity index (χ3v) is 4.01. The first-order valence-corrected chi connectivity index (χ1v) is 6.64. The van der Waals surface area contributed by atoms with E-state index >= 15 is 0 Å². The van der Waals surface area contributed by atoms with E-state index in [2.05, 4.69) is 14.1 Å². The number of nitrogens with one attached hydrogen (secondary N) is 2. The Morgan fingerprint density at radius 3 is 2.61 bits per heavy atom. The number of halogens is 2. The Morgan fingerprint density at radius 1 is 1.28 bits per heavy atom. The van der Waals surface area contributed by atoms with E-state index in [4.69, 9.17) is 0 Å². The van der Waals surface area contributed by atoms with Crippen molar-refractivity contribution in [3.05, 3.63) is 35.4 Å². The summed E-state index contributed by atoms with van der Waals surface area (Å²) in [5.74, 6) is -0.652. The Kier molecular flexibility index (Phi) is 4.30. The van der Waals surface area contributed by atoms with Gasteiger partial charge in [0.1, 0.15) is 18.2 Å². The molecule has 2 nitrogen and oxygen atoms in total. The predicted molar refractivity (Wildman–Crippen MR) is 66.6 cm³/mol. The van der Waals surface area contributed by atoms with Crippen LogP contribution in [0.25, 0.3) is 0 Å². The van der Waals surface area contributed by atoms with Gasteiger partial charge in [0.05, 0.1) is 33.2 Å². The zero-order chi connectivity index (χ0) is 13.1. The highest BCUT2D eigenvalue weighted by atomic mass is 19.1. The van der Waals surface area contributed by atoms with Crippen molar-refractivity contribution in [3.8, 4) is 0 Å². The molecule has 1 aliphatic heterocycles. The normalized spacial score (nSPS) is 26.0. The first kappa shape index (κ1) is 13.4. The second-order valence-electron chi connectivity index (χ2n) is 5.49. The summed E-state index contributed by atoms with van der Waals surface area (Å²) in [5, 5.41) is 0. The fraction of sp³-hybridized carbons (Fsp3) is 0.571. The Bertz CT molecular complexity index is 401. The molecule has 0 radical (unpaired) electrons. The predicted octanol–water partition coefficient (Wildman–Crippen LogP) is -0.343. The van der Waals surface area contributed by atoms with Gasteiger partial charge in [-0.2, -0.15) is 0 Å². The number of benzene rings is 1. The zero-order valence-electron chi connectivity index (χ0n) is 11.1. The minimum Gasteiger partial charge on any atom is -0.337 e. The second-order valence-corrected chi connectivity index (χ2v) is 5.49. The van der Waals surface area contributed by atoms with Crippen LogP contribution in [-0.4, -0.2) is 33.2 Å². The third kappa shape index (κ3) is 3.27. The summed E-state index contributed by atoms with van der Waals surface area (Å²) in [6.07, 6.45) is 2.32. The van der Waals surface area contributed by atoms with E-state index in [1.807, 2.05) is 0 Å². The molecule has 1 aromatic rings. The van der Waals surface area contributed by atoms with E-state index in [0.29, 0.717) is 18.2 Å². The molecule has 4 heteroatoms. The molecule has 0 aliphatic carbocycles. The minimum atomic E-state index is -0.355. The quantitative estimate of drug-likeness (QED) is 0.732. The van der Waals surface area contributed by atoms with Crippen molar-refractivity contribution in [1.82, 2.24) is 0 Å². The summed E-state index contributed by atoms with van der Waals surface area (Å²) in [6.45, 7) is 2.91. The summed E-state index contributed by atoms with van der Waals surface area (Å²) < 4.78 is 26.7. The second kappa shape index (κ2) is 5.76. The van der Waals surface area contributed by atoms with Crippen LogP contribution >= 0.6 is 0 Å². The van der Waals surface area contributed by atoms with E-state index < -0.39 is 0 Å². The standard InChI is InChI=1S/C14H20F2N2/c1-17-7-5-13(6-8-17)18(2)10-11-9-12(15)3-4-14(11)16/h3-4,9,13H,5-8,10H2,1-2H3/p+2. The van der Waals surface area contributed by atoms with Gasteiger partial charge in [-0.3, -0.25) is 0 Å². The molecule has 0 spiro atoms. The van der Waals surface area contributed by atoms with Crippen molar-refractivity contribution >= 4 is 0 Å². The van der Waals surface area contributed by atoms with E-state index in [-0.39, 0.29) is 11.6 Å². The Morgan fingerprint density at radius 2 is 1.94 bits per heavy atom. The lowest BCUT2D eigenvalue weighted by molar-refractivity contribution is -0.948. The van der Waals surface area contributed by atoms with Crippen LogP contribution < -0.4 is 9.80 Å². The van der Waals surface area contributed by atoms with Gasteiger partial charge in [0.2, 0.25) is 0 Å². The molecule has 1 fully saturated rings. The fourth-order valence-corrected chi connectivity index (χ4v) is 2.73. The lowest BCUT2D eigenvalue weighted by Crippen LogP contribution is -3.17. The molecule has 2 rings (SSSR count). The number of likely N-dealkylation sites (tertiary alicyclic amines) is 1. The van der Waals surface area contributed by atoms with Crippen LogP contribution in [-0.2, 0) is 6.54 Å². The molecule has 1 heterocycles. The molecule has 18 heavy (non-hydrogen) atoms. The van der Waals surface area contributed by atoms with E-state index in [0.717, 1.165) is 12.8 Å². The third-order valence-electron chi connectivity index (χ3n) is 4.01. The molecule has 0 bridgehead atoms. The molecule has 1 aromatic carbocycles. The average Bonchev–Trinajstić information content (AvgIpc) is 2.34. The van der Waals surface area contributed by atoms with Crippen molar-refractivity contribution in [2.45, 2.75) is 25.4 Å². The van der Waals surface area contributed by atoms with E-state index in [9.17, 15) is 8.78 Å². The van der Waals surface area contributed by atoms with Crippen molar-refractivity contribution in [2.75, 3.05) is 27.2 Å². The van der Waals surface area contributed by atoms with E-state index in [1.165, 1.54) is 36.2 Å². The highest BCUT2D eigenvalue weighted by Gasteiger charge is 2.26. The monoisotopic (exact) mass is 256 g/mol. The molecule has 1 atom stereocenters. The first-order valence-electron chi connectivity index (χ1n) is 6.64. The van der Waals surface area contributed by atoms with Crippen molar-refractivity contribution in [3.63, 3.8) is 0 Å². The van der Waals surface area contributed by atoms with Crippen LogP contribution in [0.4, 0.5) is 8.78 Å². The summed E-state index contributed by atoms with van der Waals surface area (Å²) in [6, 6.07) is 4.28. The molecule has 1 saturated heterocycles. The Labute approximate surface area is 107 Å². The van der Waals surface area contributed by atoms with Crippen LogP contribution in [0.3, 0.4) is 0 Å². The van der Waals surface area contributed by atoms with Crippen LogP contribution in [0.15, 0.2) is 18.2 Å². The number of hydrogen-bond donors (Lipinski definition) is 2. The van der Waals surface area contributed by atoms with Gasteiger partial charge in [0.25, 0.3) is 0 Å². The molecule has 0 amide bonds. The summed E-state index contributed by atoms with van der Waals surface area (Å²) >= 11 is 0. The summed E-state index contributed by atoms with van der Waals surface area (Å²) in [7, 11) is 4.29. The molecule has 0 aromatic heterocycles. The molecular formula is C14H22F2N2+2. The van der Waals surface area contributed by atoms with Crippen LogP contribution in [0, 0.1) is 11.6 Å². The Hall–Kier alpha value is -1.00.